The van der Waals surface area contributed by atoms with Crippen molar-refractivity contribution in [1.29, 1.82) is 0 Å². The standard InChI is InChI=1S/C19H28N6O.HI/c1-15-13-21-6-4-17(15)5-7-22-19(20-3)25-10-8-24(9-11-25)14-18-12-16(2)26-23-18;/h4,6,12-13H,5,7-11,14H2,1-3H3,(H,20,22);1H. The maximum absolute atomic E-state index is 5.15. The average molecular weight is 484 g/mol. The summed E-state index contributed by atoms with van der Waals surface area (Å²) in [4.78, 5) is 13.3. The normalized spacial score (nSPS) is 15.5. The van der Waals surface area contributed by atoms with E-state index in [9.17, 15) is 0 Å². The SMILES string of the molecule is CN=C(NCCc1ccncc1C)N1CCN(Cc2cc(C)on2)CC1.I. The van der Waals surface area contributed by atoms with Gasteiger partial charge in [0.1, 0.15) is 5.76 Å². The highest BCUT2D eigenvalue weighted by Gasteiger charge is 2.20. The summed E-state index contributed by atoms with van der Waals surface area (Å²) in [7, 11) is 1.85. The van der Waals surface area contributed by atoms with E-state index in [-0.39, 0.29) is 24.0 Å². The van der Waals surface area contributed by atoms with Gasteiger partial charge in [0.15, 0.2) is 5.96 Å². The smallest absolute Gasteiger partial charge is 0.193 e. The van der Waals surface area contributed by atoms with Crippen LogP contribution in [-0.2, 0) is 13.0 Å². The largest absolute Gasteiger partial charge is 0.361 e. The Labute approximate surface area is 178 Å². The first-order valence-electron chi connectivity index (χ1n) is 9.15. The predicted octanol–water partition coefficient (Wildman–Crippen LogP) is 2.24. The van der Waals surface area contributed by atoms with Gasteiger partial charge in [-0.05, 0) is 37.5 Å². The Balaban J connectivity index is 0.00000261. The van der Waals surface area contributed by atoms with Gasteiger partial charge in [-0.2, -0.15) is 0 Å². The van der Waals surface area contributed by atoms with Crippen LogP contribution in [0, 0.1) is 13.8 Å². The minimum atomic E-state index is 0. The van der Waals surface area contributed by atoms with E-state index in [2.05, 4.69) is 43.2 Å². The van der Waals surface area contributed by atoms with Gasteiger partial charge in [-0.25, -0.2) is 0 Å². The molecule has 0 amide bonds. The zero-order chi connectivity index (χ0) is 18.4. The third-order valence-corrected chi connectivity index (χ3v) is 4.76. The van der Waals surface area contributed by atoms with Crippen molar-refractivity contribution in [2.45, 2.75) is 26.8 Å². The maximum Gasteiger partial charge on any atom is 0.193 e. The number of pyridine rings is 1. The van der Waals surface area contributed by atoms with Gasteiger partial charge >= 0.3 is 0 Å². The van der Waals surface area contributed by atoms with Crippen LogP contribution in [0.5, 0.6) is 0 Å². The number of aromatic nitrogens is 2. The summed E-state index contributed by atoms with van der Waals surface area (Å²) in [6.07, 6.45) is 4.74. The van der Waals surface area contributed by atoms with E-state index < -0.39 is 0 Å². The summed E-state index contributed by atoms with van der Waals surface area (Å²) in [5.74, 6) is 1.85. The maximum atomic E-state index is 5.15. The number of piperazine rings is 1. The Hall–Kier alpha value is -1.68. The monoisotopic (exact) mass is 484 g/mol. The van der Waals surface area contributed by atoms with Crippen LogP contribution >= 0.6 is 24.0 Å². The van der Waals surface area contributed by atoms with Crippen LogP contribution in [0.4, 0.5) is 0 Å². The van der Waals surface area contributed by atoms with Crippen molar-refractivity contribution in [2.75, 3.05) is 39.8 Å². The third kappa shape index (κ3) is 6.17. The lowest BCUT2D eigenvalue weighted by atomic mass is 10.1. The highest BCUT2D eigenvalue weighted by atomic mass is 127. The van der Waals surface area contributed by atoms with Crippen LogP contribution in [0.2, 0.25) is 0 Å². The van der Waals surface area contributed by atoms with Gasteiger partial charge < -0.3 is 14.7 Å². The Kier molecular flexibility index (Phi) is 8.49. The number of hydrogen-bond donors (Lipinski definition) is 1. The van der Waals surface area contributed by atoms with Gasteiger partial charge in [-0.15, -0.1) is 24.0 Å². The summed E-state index contributed by atoms with van der Waals surface area (Å²) in [6.45, 7) is 9.67. The van der Waals surface area contributed by atoms with Crippen LogP contribution in [0.25, 0.3) is 0 Å². The molecule has 7 nitrogen and oxygen atoms in total. The second-order valence-electron chi connectivity index (χ2n) is 6.72. The van der Waals surface area contributed by atoms with Crippen molar-refractivity contribution < 1.29 is 4.52 Å². The summed E-state index contributed by atoms with van der Waals surface area (Å²) in [5, 5.41) is 7.58. The van der Waals surface area contributed by atoms with Crippen LogP contribution in [-0.4, -0.2) is 65.7 Å². The molecule has 0 atom stereocenters. The molecule has 3 rings (SSSR count). The number of guanidine groups is 1. The van der Waals surface area contributed by atoms with Crippen LogP contribution < -0.4 is 5.32 Å². The van der Waals surface area contributed by atoms with Gasteiger partial charge in [0.05, 0.1) is 5.69 Å². The molecule has 1 N–H and O–H groups in total. The van der Waals surface area contributed by atoms with Gasteiger partial charge in [0, 0.05) is 64.8 Å². The topological polar surface area (TPSA) is 69.8 Å². The van der Waals surface area contributed by atoms with Crippen molar-refractivity contribution in [3.63, 3.8) is 0 Å². The van der Waals surface area contributed by atoms with E-state index in [0.717, 1.165) is 63.1 Å². The summed E-state index contributed by atoms with van der Waals surface area (Å²) < 4.78 is 5.15. The first-order valence-corrected chi connectivity index (χ1v) is 9.15. The molecule has 3 heterocycles. The lowest BCUT2D eigenvalue weighted by Gasteiger charge is -2.36. The van der Waals surface area contributed by atoms with Crippen molar-refractivity contribution in [1.82, 2.24) is 25.3 Å². The number of halogens is 1. The van der Waals surface area contributed by atoms with E-state index in [4.69, 9.17) is 4.52 Å². The molecule has 1 saturated heterocycles. The molecule has 0 radical (unpaired) electrons. The minimum Gasteiger partial charge on any atom is -0.361 e. The fourth-order valence-electron chi connectivity index (χ4n) is 3.26. The fourth-order valence-corrected chi connectivity index (χ4v) is 3.26. The van der Waals surface area contributed by atoms with E-state index in [1.807, 2.05) is 32.4 Å². The highest BCUT2D eigenvalue weighted by molar-refractivity contribution is 14.0. The third-order valence-electron chi connectivity index (χ3n) is 4.76. The molecule has 2 aromatic rings. The van der Waals surface area contributed by atoms with Crippen molar-refractivity contribution in [3.05, 3.63) is 47.1 Å². The van der Waals surface area contributed by atoms with E-state index in [1.165, 1.54) is 11.1 Å². The van der Waals surface area contributed by atoms with Crippen LogP contribution in [0.1, 0.15) is 22.6 Å². The fraction of sp³-hybridized carbons (Fsp3) is 0.526. The van der Waals surface area contributed by atoms with Gasteiger partial charge in [-0.3, -0.25) is 14.9 Å². The quantitative estimate of drug-likeness (QED) is 0.399. The number of aliphatic imine (C=N–C) groups is 1. The number of nitrogens with zero attached hydrogens (tertiary/aromatic N) is 5. The lowest BCUT2D eigenvalue weighted by molar-refractivity contribution is 0.169. The molecule has 8 heteroatoms. The van der Waals surface area contributed by atoms with Crippen molar-refractivity contribution in [2.24, 2.45) is 4.99 Å². The highest BCUT2D eigenvalue weighted by Crippen LogP contribution is 2.09. The second kappa shape index (κ2) is 10.6. The average Bonchev–Trinajstić information content (AvgIpc) is 3.06. The molecule has 27 heavy (non-hydrogen) atoms. The predicted molar refractivity (Wildman–Crippen MR) is 118 cm³/mol. The zero-order valence-corrected chi connectivity index (χ0v) is 18.6. The summed E-state index contributed by atoms with van der Waals surface area (Å²) in [6, 6.07) is 4.10. The molecular formula is C19H29IN6O. The number of hydrogen-bond acceptors (Lipinski definition) is 5. The number of aryl methyl sites for hydroxylation is 2. The number of rotatable bonds is 5. The molecule has 0 unspecified atom stereocenters. The molecule has 1 fully saturated rings. The molecule has 2 aromatic heterocycles. The molecule has 1 aliphatic rings. The molecule has 0 spiro atoms. The Morgan fingerprint density at radius 2 is 2.04 bits per heavy atom. The first-order chi connectivity index (χ1) is 12.7. The van der Waals surface area contributed by atoms with Gasteiger partial charge in [-0.1, -0.05) is 5.16 Å². The van der Waals surface area contributed by atoms with Crippen molar-refractivity contribution >= 4 is 29.9 Å². The molecule has 0 bridgehead atoms. The minimum absolute atomic E-state index is 0. The van der Waals surface area contributed by atoms with Crippen molar-refractivity contribution in [3.8, 4) is 0 Å². The Bertz CT molecular complexity index is 739. The zero-order valence-electron chi connectivity index (χ0n) is 16.3. The van der Waals surface area contributed by atoms with E-state index in [1.54, 1.807) is 0 Å². The molecule has 1 aliphatic heterocycles. The second-order valence-corrected chi connectivity index (χ2v) is 6.72. The van der Waals surface area contributed by atoms with Crippen LogP contribution in [0.15, 0.2) is 34.0 Å². The molecular weight excluding hydrogens is 455 g/mol. The van der Waals surface area contributed by atoms with E-state index >= 15 is 0 Å². The summed E-state index contributed by atoms with van der Waals surface area (Å²) >= 11 is 0. The van der Waals surface area contributed by atoms with Crippen LogP contribution in [0.3, 0.4) is 0 Å². The molecule has 0 aliphatic carbocycles. The Morgan fingerprint density at radius 3 is 2.67 bits per heavy atom. The number of nitrogens with one attached hydrogen (secondary N) is 1. The first kappa shape index (κ1) is 21.6. The van der Waals surface area contributed by atoms with E-state index in [0.29, 0.717) is 0 Å². The summed E-state index contributed by atoms with van der Waals surface area (Å²) in [5.41, 5.74) is 3.57. The Morgan fingerprint density at radius 1 is 1.26 bits per heavy atom. The molecule has 0 aromatic carbocycles. The lowest BCUT2D eigenvalue weighted by Crippen LogP contribution is -2.52. The molecule has 0 saturated carbocycles. The van der Waals surface area contributed by atoms with Gasteiger partial charge in [0.2, 0.25) is 0 Å². The molecule has 148 valence electrons. The van der Waals surface area contributed by atoms with Gasteiger partial charge in [0.25, 0.3) is 0 Å².